The summed E-state index contributed by atoms with van der Waals surface area (Å²) >= 11 is 1.60. The second-order valence-electron chi connectivity index (χ2n) is 4.70. The molecule has 0 aromatic carbocycles. The predicted molar refractivity (Wildman–Crippen MR) is 72.9 cm³/mol. The molecule has 1 aliphatic heterocycles. The van der Waals surface area contributed by atoms with E-state index in [9.17, 15) is 0 Å². The van der Waals surface area contributed by atoms with Crippen LogP contribution in [0.2, 0.25) is 0 Å². The van der Waals surface area contributed by atoms with E-state index in [2.05, 4.69) is 22.4 Å². The number of nitrogens with one attached hydrogen (secondary N) is 1. The molecular weight excluding hydrogens is 262 g/mol. The lowest BCUT2D eigenvalue weighted by Gasteiger charge is -2.18. The number of hydrogen-bond acceptors (Lipinski definition) is 6. The van der Waals surface area contributed by atoms with E-state index in [4.69, 9.17) is 9.15 Å². The third kappa shape index (κ3) is 3.02. The van der Waals surface area contributed by atoms with Crippen LogP contribution in [0.3, 0.4) is 0 Å². The van der Waals surface area contributed by atoms with Crippen molar-refractivity contribution < 1.29 is 9.15 Å². The normalized spacial score (nSPS) is 20.8. The summed E-state index contributed by atoms with van der Waals surface area (Å²) in [6.07, 6.45) is 2.58. The standard InChI is InChI=1S/C13H17N3O2S/c1-9(10-4-2-6-17-10)14-8-12-15-16-13(18-12)11-5-3-7-19-11/h3,5,7,9-10,14H,2,4,6,8H2,1H3/t9-,10-/m0/s1. The van der Waals surface area contributed by atoms with Gasteiger partial charge in [-0.15, -0.1) is 21.5 Å². The van der Waals surface area contributed by atoms with Crippen molar-refractivity contribution in [2.24, 2.45) is 0 Å². The van der Waals surface area contributed by atoms with Gasteiger partial charge in [-0.25, -0.2) is 0 Å². The first kappa shape index (κ1) is 12.8. The molecule has 1 fully saturated rings. The minimum absolute atomic E-state index is 0.305. The Morgan fingerprint density at radius 2 is 2.47 bits per heavy atom. The Balaban J connectivity index is 1.55. The summed E-state index contributed by atoms with van der Waals surface area (Å²) in [5.74, 6) is 1.21. The molecule has 5 nitrogen and oxygen atoms in total. The fourth-order valence-corrected chi connectivity index (χ4v) is 2.85. The molecule has 0 radical (unpaired) electrons. The van der Waals surface area contributed by atoms with E-state index in [1.165, 1.54) is 0 Å². The first-order chi connectivity index (χ1) is 9.33. The van der Waals surface area contributed by atoms with Gasteiger partial charge in [0.1, 0.15) is 0 Å². The number of thiophene rings is 1. The van der Waals surface area contributed by atoms with Gasteiger partial charge in [-0.05, 0) is 31.2 Å². The molecule has 2 aromatic rings. The molecule has 0 unspecified atom stereocenters. The van der Waals surface area contributed by atoms with Crippen molar-refractivity contribution >= 4 is 11.3 Å². The van der Waals surface area contributed by atoms with E-state index < -0.39 is 0 Å². The van der Waals surface area contributed by atoms with E-state index >= 15 is 0 Å². The number of rotatable bonds is 5. The molecular formula is C13H17N3O2S. The molecule has 6 heteroatoms. The van der Waals surface area contributed by atoms with E-state index in [0.717, 1.165) is 24.3 Å². The molecule has 3 rings (SSSR count). The first-order valence-corrected chi connectivity index (χ1v) is 7.42. The van der Waals surface area contributed by atoms with Crippen molar-refractivity contribution in [3.05, 3.63) is 23.4 Å². The van der Waals surface area contributed by atoms with Gasteiger partial charge in [0.2, 0.25) is 5.89 Å². The van der Waals surface area contributed by atoms with Crippen molar-refractivity contribution in [3.63, 3.8) is 0 Å². The molecule has 0 amide bonds. The second-order valence-corrected chi connectivity index (χ2v) is 5.65. The summed E-state index contributed by atoms with van der Waals surface area (Å²) in [6, 6.07) is 4.26. The molecule has 0 spiro atoms. The Kier molecular flexibility index (Phi) is 3.91. The molecule has 102 valence electrons. The smallest absolute Gasteiger partial charge is 0.257 e. The van der Waals surface area contributed by atoms with Gasteiger partial charge in [-0.3, -0.25) is 0 Å². The van der Waals surface area contributed by atoms with Gasteiger partial charge < -0.3 is 14.5 Å². The van der Waals surface area contributed by atoms with E-state index in [1.54, 1.807) is 11.3 Å². The lowest BCUT2D eigenvalue weighted by atomic mass is 10.1. The predicted octanol–water partition coefficient (Wildman–Crippen LogP) is 2.46. The summed E-state index contributed by atoms with van der Waals surface area (Å²) in [5, 5.41) is 13.5. The molecule has 0 saturated carbocycles. The highest BCUT2D eigenvalue weighted by molar-refractivity contribution is 7.13. The maximum atomic E-state index is 5.64. The maximum Gasteiger partial charge on any atom is 0.257 e. The van der Waals surface area contributed by atoms with E-state index in [-0.39, 0.29) is 0 Å². The highest BCUT2D eigenvalue weighted by Gasteiger charge is 2.22. The van der Waals surface area contributed by atoms with Crippen LogP contribution in [0.4, 0.5) is 0 Å². The summed E-state index contributed by atoms with van der Waals surface area (Å²) in [7, 11) is 0. The van der Waals surface area contributed by atoms with Crippen LogP contribution >= 0.6 is 11.3 Å². The Labute approximate surface area is 116 Å². The average molecular weight is 279 g/mol. The van der Waals surface area contributed by atoms with Gasteiger partial charge in [-0.2, -0.15) is 0 Å². The lowest BCUT2D eigenvalue weighted by Crippen LogP contribution is -2.36. The van der Waals surface area contributed by atoms with Crippen molar-refractivity contribution in [1.29, 1.82) is 0 Å². The summed E-state index contributed by atoms with van der Waals surface area (Å²) < 4.78 is 11.3. The number of hydrogen-bond donors (Lipinski definition) is 1. The minimum atomic E-state index is 0.305. The zero-order valence-electron chi connectivity index (χ0n) is 10.8. The van der Waals surface area contributed by atoms with Gasteiger partial charge in [0.15, 0.2) is 0 Å². The molecule has 2 aromatic heterocycles. The van der Waals surface area contributed by atoms with Crippen LogP contribution in [0.25, 0.3) is 10.8 Å². The van der Waals surface area contributed by atoms with Crippen molar-refractivity contribution in [1.82, 2.24) is 15.5 Å². The summed E-state index contributed by atoms with van der Waals surface area (Å²) in [6.45, 7) is 3.59. The van der Waals surface area contributed by atoms with Crippen molar-refractivity contribution in [3.8, 4) is 10.8 Å². The van der Waals surface area contributed by atoms with Gasteiger partial charge >= 0.3 is 0 Å². The monoisotopic (exact) mass is 279 g/mol. The largest absolute Gasteiger partial charge is 0.419 e. The molecule has 1 N–H and O–H groups in total. The number of nitrogens with zero attached hydrogens (tertiary/aromatic N) is 2. The average Bonchev–Trinajstić information content (AvgIpc) is 3.14. The quantitative estimate of drug-likeness (QED) is 0.911. The molecule has 3 heterocycles. The third-order valence-electron chi connectivity index (χ3n) is 3.30. The van der Waals surface area contributed by atoms with Crippen LogP contribution in [0, 0.1) is 0 Å². The van der Waals surface area contributed by atoms with E-state index in [1.807, 2.05) is 17.5 Å². The van der Waals surface area contributed by atoms with Gasteiger partial charge in [0.05, 0.1) is 17.5 Å². The first-order valence-electron chi connectivity index (χ1n) is 6.54. The minimum Gasteiger partial charge on any atom is -0.419 e. The topological polar surface area (TPSA) is 60.2 Å². The summed E-state index contributed by atoms with van der Waals surface area (Å²) in [4.78, 5) is 1.01. The Bertz CT molecular complexity index is 506. The van der Waals surface area contributed by atoms with Crippen LogP contribution in [0.1, 0.15) is 25.7 Å². The molecule has 1 saturated heterocycles. The zero-order chi connectivity index (χ0) is 13.1. The van der Waals surface area contributed by atoms with Crippen LogP contribution in [0.15, 0.2) is 21.9 Å². The SMILES string of the molecule is C[C@H](NCc1nnc(-c2cccs2)o1)[C@@H]1CCCO1. The van der Waals surface area contributed by atoms with Gasteiger partial charge in [0, 0.05) is 12.6 Å². The fourth-order valence-electron chi connectivity index (χ4n) is 2.20. The van der Waals surface area contributed by atoms with Crippen molar-refractivity contribution in [2.75, 3.05) is 6.61 Å². The highest BCUT2D eigenvalue weighted by atomic mass is 32.1. The Morgan fingerprint density at radius 3 is 3.21 bits per heavy atom. The molecule has 19 heavy (non-hydrogen) atoms. The fraction of sp³-hybridized carbons (Fsp3) is 0.538. The van der Waals surface area contributed by atoms with Gasteiger partial charge in [-0.1, -0.05) is 6.07 Å². The summed E-state index contributed by atoms with van der Waals surface area (Å²) in [5.41, 5.74) is 0. The molecule has 1 aliphatic rings. The van der Waals surface area contributed by atoms with Crippen LogP contribution < -0.4 is 5.32 Å². The van der Waals surface area contributed by atoms with Crippen LogP contribution in [-0.4, -0.2) is 29.0 Å². The van der Waals surface area contributed by atoms with Gasteiger partial charge in [0.25, 0.3) is 5.89 Å². The number of aromatic nitrogens is 2. The maximum absolute atomic E-state index is 5.64. The second kappa shape index (κ2) is 5.81. The van der Waals surface area contributed by atoms with Crippen LogP contribution in [-0.2, 0) is 11.3 Å². The lowest BCUT2D eigenvalue weighted by molar-refractivity contribution is 0.0824. The Hall–Kier alpha value is -1.24. The molecule has 0 aliphatic carbocycles. The van der Waals surface area contributed by atoms with E-state index in [0.29, 0.717) is 30.5 Å². The van der Waals surface area contributed by atoms with Crippen LogP contribution in [0.5, 0.6) is 0 Å². The highest BCUT2D eigenvalue weighted by Crippen LogP contribution is 2.23. The third-order valence-corrected chi connectivity index (χ3v) is 4.15. The Morgan fingerprint density at radius 1 is 1.53 bits per heavy atom. The number of ether oxygens (including phenoxy) is 1. The van der Waals surface area contributed by atoms with Crippen molar-refractivity contribution in [2.45, 2.75) is 38.5 Å². The molecule has 2 atom stereocenters. The molecule has 0 bridgehead atoms. The zero-order valence-corrected chi connectivity index (χ0v) is 11.7.